The maximum Gasteiger partial charge on any atom is 0.119 e. The monoisotopic (exact) mass is 364 g/mol. The van der Waals surface area contributed by atoms with Gasteiger partial charge in [0, 0.05) is 5.92 Å². The summed E-state index contributed by atoms with van der Waals surface area (Å²) < 4.78 is 5.66. The van der Waals surface area contributed by atoms with Crippen LogP contribution in [0.3, 0.4) is 0 Å². The number of benzene rings is 4. The van der Waals surface area contributed by atoms with Crippen LogP contribution in [0.25, 0.3) is 21.9 Å². The van der Waals surface area contributed by atoms with Crippen molar-refractivity contribution in [2.75, 3.05) is 6.61 Å². The molecule has 1 unspecified atom stereocenters. The molecule has 138 valence electrons. The molecular formula is C27H24O. The quantitative estimate of drug-likeness (QED) is 0.334. The van der Waals surface area contributed by atoms with Gasteiger partial charge in [-0.15, -0.1) is 0 Å². The first-order chi connectivity index (χ1) is 13.7. The Morgan fingerprint density at radius 3 is 2.29 bits per heavy atom. The fourth-order valence-corrected chi connectivity index (χ4v) is 4.71. The smallest absolute Gasteiger partial charge is 0.119 e. The molecule has 4 aromatic carbocycles. The van der Waals surface area contributed by atoms with Gasteiger partial charge in [0.25, 0.3) is 0 Å². The lowest BCUT2D eigenvalue weighted by Gasteiger charge is -2.17. The molecule has 28 heavy (non-hydrogen) atoms. The Morgan fingerprint density at radius 1 is 0.786 bits per heavy atom. The van der Waals surface area contributed by atoms with Gasteiger partial charge in [-0.3, -0.25) is 0 Å². The van der Waals surface area contributed by atoms with Crippen LogP contribution in [0.5, 0.6) is 5.75 Å². The van der Waals surface area contributed by atoms with Gasteiger partial charge < -0.3 is 4.74 Å². The minimum atomic E-state index is 0.267. The van der Waals surface area contributed by atoms with E-state index in [4.69, 9.17) is 4.74 Å². The van der Waals surface area contributed by atoms with E-state index in [0.717, 1.165) is 5.75 Å². The maximum absolute atomic E-state index is 5.66. The molecule has 0 radical (unpaired) electrons. The second kappa shape index (κ2) is 6.53. The van der Waals surface area contributed by atoms with Crippen molar-refractivity contribution in [3.63, 3.8) is 0 Å². The number of hydrogen-bond donors (Lipinski definition) is 0. The number of aryl methyl sites for hydroxylation is 2. The fourth-order valence-electron chi connectivity index (χ4n) is 4.71. The molecule has 1 atom stereocenters. The molecule has 0 N–H and O–H groups in total. The third-order valence-corrected chi connectivity index (χ3v) is 5.90. The van der Waals surface area contributed by atoms with Crippen LogP contribution in [-0.2, 0) is 0 Å². The maximum atomic E-state index is 5.66. The second-order valence-electron chi connectivity index (χ2n) is 7.73. The average molecular weight is 364 g/mol. The highest BCUT2D eigenvalue weighted by Gasteiger charge is 2.31. The van der Waals surface area contributed by atoms with Crippen molar-refractivity contribution in [2.45, 2.75) is 26.7 Å². The zero-order chi connectivity index (χ0) is 19.3. The molecule has 0 aliphatic heterocycles. The zero-order valence-electron chi connectivity index (χ0n) is 16.6. The molecule has 0 amide bonds. The minimum Gasteiger partial charge on any atom is -0.494 e. The summed E-state index contributed by atoms with van der Waals surface area (Å²) >= 11 is 0. The second-order valence-corrected chi connectivity index (χ2v) is 7.73. The Bertz CT molecular complexity index is 1190. The summed E-state index contributed by atoms with van der Waals surface area (Å²) in [5, 5.41) is 2.70. The summed E-state index contributed by atoms with van der Waals surface area (Å²) in [4.78, 5) is 0. The molecule has 4 aromatic rings. The van der Waals surface area contributed by atoms with Crippen LogP contribution >= 0.6 is 0 Å². The van der Waals surface area contributed by atoms with E-state index in [1.54, 1.807) is 0 Å². The summed E-state index contributed by atoms with van der Waals surface area (Å²) in [6.45, 7) is 7.13. The van der Waals surface area contributed by atoms with Crippen molar-refractivity contribution in [1.82, 2.24) is 0 Å². The van der Waals surface area contributed by atoms with E-state index in [9.17, 15) is 0 Å². The predicted molar refractivity (Wildman–Crippen MR) is 117 cm³/mol. The van der Waals surface area contributed by atoms with E-state index in [0.29, 0.717) is 6.61 Å². The van der Waals surface area contributed by atoms with Gasteiger partial charge in [-0.25, -0.2) is 0 Å². The SMILES string of the molecule is CCOc1ccc(C2c3cc(C)ccc3-c3c2cc(C)c2ccccc32)cc1. The van der Waals surface area contributed by atoms with Crippen LogP contribution in [0.1, 0.15) is 40.7 Å². The lowest BCUT2D eigenvalue weighted by Crippen LogP contribution is -2.00. The molecule has 1 aliphatic carbocycles. The minimum absolute atomic E-state index is 0.267. The number of hydrogen-bond acceptors (Lipinski definition) is 1. The molecule has 0 aromatic heterocycles. The summed E-state index contributed by atoms with van der Waals surface area (Å²) in [5.41, 5.74) is 9.57. The highest BCUT2D eigenvalue weighted by Crippen LogP contribution is 2.51. The molecule has 0 heterocycles. The van der Waals surface area contributed by atoms with Crippen molar-refractivity contribution in [3.8, 4) is 16.9 Å². The van der Waals surface area contributed by atoms with E-state index in [2.05, 4.69) is 86.6 Å². The zero-order valence-corrected chi connectivity index (χ0v) is 16.6. The summed E-state index contributed by atoms with van der Waals surface area (Å²) in [5.74, 6) is 1.20. The van der Waals surface area contributed by atoms with E-state index >= 15 is 0 Å². The van der Waals surface area contributed by atoms with Gasteiger partial charge in [0.05, 0.1) is 6.61 Å². The van der Waals surface area contributed by atoms with E-state index in [-0.39, 0.29) is 5.92 Å². The molecule has 0 saturated carbocycles. The van der Waals surface area contributed by atoms with Crippen LogP contribution in [0, 0.1) is 13.8 Å². The number of ether oxygens (including phenoxy) is 1. The first-order valence-corrected chi connectivity index (χ1v) is 10.0. The van der Waals surface area contributed by atoms with Crippen molar-refractivity contribution < 1.29 is 4.74 Å². The molecule has 0 bridgehead atoms. The lowest BCUT2D eigenvalue weighted by molar-refractivity contribution is 0.340. The molecule has 1 heteroatoms. The van der Waals surface area contributed by atoms with Crippen LogP contribution in [0.4, 0.5) is 0 Å². The number of rotatable bonds is 3. The fraction of sp³-hybridized carbons (Fsp3) is 0.185. The summed E-state index contributed by atoms with van der Waals surface area (Å²) in [7, 11) is 0. The average Bonchev–Trinajstić information content (AvgIpc) is 3.02. The molecule has 5 rings (SSSR count). The Hall–Kier alpha value is -3.06. The molecule has 0 fully saturated rings. The van der Waals surface area contributed by atoms with Gasteiger partial charge in [-0.1, -0.05) is 66.2 Å². The Morgan fingerprint density at radius 2 is 1.54 bits per heavy atom. The standard InChI is InChI=1S/C27H24O/c1-4-28-20-12-10-19(11-13-20)26-24-15-17(2)9-14-23(24)27-22-8-6-5-7-21(22)18(3)16-25(26)27/h5-16,26H,4H2,1-3H3. The van der Waals surface area contributed by atoms with Crippen molar-refractivity contribution >= 4 is 10.8 Å². The van der Waals surface area contributed by atoms with E-state index in [1.165, 1.54) is 49.7 Å². The van der Waals surface area contributed by atoms with E-state index < -0.39 is 0 Å². The van der Waals surface area contributed by atoms with Crippen molar-refractivity contribution in [3.05, 3.63) is 101 Å². The topological polar surface area (TPSA) is 9.23 Å². The van der Waals surface area contributed by atoms with Crippen molar-refractivity contribution in [1.29, 1.82) is 0 Å². The largest absolute Gasteiger partial charge is 0.494 e. The van der Waals surface area contributed by atoms with Gasteiger partial charge in [0.2, 0.25) is 0 Å². The van der Waals surface area contributed by atoms with Gasteiger partial charge in [0.15, 0.2) is 0 Å². The van der Waals surface area contributed by atoms with Gasteiger partial charge in [0.1, 0.15) is 5.75 Å². The molecule has 1 nitrogen and oxygen atoms in total. The first-order valence-electron chi connectivity index (χ1n) is 10.0. The van der Waals surface area contributed by atoms with E-state index in [1.807, 2.05) is 6.92 Å². The molecule has 1 aliphatic rings. The van der Waals surface area contributed by atoms with Gasteiger partial charge >= 0.3 is 0 Å². The van der Waals surface area contributed by atoms with Crippen molar-refractivity contribution in [2.24, 2.45) is 0 Å². The Kier molecular flexibility index (Phi) is 3.98. The Balaban J connectivity index is 1.79. The summed E-state index contributed by atoms with van der Waals surface area (Å²) in [6.07, 6.45) is 0. The predicted octanol–water partition coefficient (Wildman–Crippen LogP) is 7.02. The summed E-state index contributed by atoms with van der Waals surface area (Å²) in [6, 6.07) is 26.7. The highest BCUT2D eigenvalue weighted by atomic mass is 16.5. The highest BCUT2D eigenvalue weighted by molar-refractivity contribution is 6.03. The first kappa shape index (κ1) is 17.1. The van der Waals surface area contributed by atoms with Crippen LogP contribution in [-0.4, -0.2) is 6.61 Å². The van der Waals surface area contributed by atoms with Crippen LogP contribution < -0.4 is 4.74 Å². The Labute approximate surface area is 166 Å². The van der Waals surface area contributed by atoms with Gasteiger partial charge in [-0.05, 0) is 77.1 Å². The molecular weight excluding hydrogens is 340 g/mol. The van der Waals surface area contributed by atoms with Crippen LogP contribution in [0.2, 0.25) is 0 Å². The molecule has 0 spiro atoms. The third kappa shape index (κ3) is 2.54. The third-order valence-electron chi connectivity index (χ3n) is 5.90. The normalized spacial score (nSPS) is 14.8. The van der Waals surface area contributed by atoms with Gasteiger partial charge in [-0.2, -0.15) is 0 Å². The van der Waals surface area contributed by atoms with Crippen LogP contribution in [0.15, 0.2) is 72.8 Å². The molecule has 0 saturated heterocycles. The number of fused-ring (bicyclic) bond motifs is 5. The lowest BCUT2D eigenvalue weighted by atomic mass is 9.87.